The van der Waals surface area contributed by atoms with Gasteiger partial charge in [-0.05, 0) is 36.6 Å². The van der Waals surface area contributed by atoms with Crippen LogP contribution in [-0.4, -0.2) is 35.9 Å². The SMILES string of the molecule is Cc1nn(C)c2c1C(NC(=O)CCn1cnnn1)CCC2. The minimum atomic E-state index is 0.0200. The van der Waals surface area contributed by atoms with Crippen LogP contribution in [0.4, 0.5) is 0 Å². The Balaban J connectivity index is 1.65. The van der Waals surface area contributed by atoms with Gasteiger partial charge in [0.05, 0.1) is 18.3 Å². The maximum absolute atomic E-state index is 12.1. The zero-order valence-electron chi connectivity index (χ0n) is 12.3. The molecular weight excluding hydrogens is 270 g/mol. The van der Waals surface area contributed by atoms with Crippen LogP contribution in [0, 0.1) is 6.92 Å². The standard InChI is InChI=1S/C13H19N7O/c1-9-13-10(4-3-5-11(13)19(2)16-9)15-12(21)6-7-20-8-14-17-18-20/h8,10H,3-7H2,1-2H3,(H,15,21). The lowest BCUT2D eigenvalue weighted by atomic mass is 9.91. The van der Waals surface area contributed by atoms with E-state index in [-0.39, 0.29) is 11.9 Å². The van der Waals surface area contributed by atoms with E-state index in [9.17, 15) is 4.79 Å². The number of hydrogen-bond acceptors (Lipinski definition) is 5. The summed E-state index contributed by atoms with van der Waals surface area (Å²) >= 11 is 0. The van der Waals surface area contributed by atoms with Crippen LogP contribution in [0.5, 0.6) is 0 Å². The first-order chi connectivity index (χ1) is 10.1. The van der Waals surface area contributed by atoms with Gasteiger partial charge in [-0.15, -0.1) is 5.10 Å². The number of hydrogen-bond donors (Lipinski definition) is 1. The van der Waals surface area contributed by atoms with E-state index >= 15 is 0 Å². The number of nitrogens with one attached hydrogen (secondary N) is 1. The fourth-order valence-corrected chi connectivity index (χ4v) is 3.00. The number of tetrazole rings is 1. The Morgan fingerprint density at radius 1 is 1.52 bits per heavy atom. The molecule has 1 aliphatic rings. The molecular formula is C13H19N7O. The predicted molar refractivity (Wildman–Crippen MR) is 74.2 cm³/mol. The van der Waals surface area contributed by atoms with Crippen LogP contribution < -0.4 is 5.32 Å². The number of carbonyl (C=O) groups is 1. The van der Waals surface area contributed by atoms with Crippen molar-refractivity contribution in [1.29, 1.82) is 0 Å². The highest BCUT2D eigenvalue weighted by Gasteiger charge is 2.27. The number of rotatable bonds is 4. The third-order valence-corrected chi connectivity index (χ3v) is 3.94. The first kappa shape index (κ1) is 13.7. The quantitative estimate of drug-likeness (QED) is 0.874. The van der Waals surface area contributed by atoms with E-state index in [4.69, 9.17) is 0 Å². The second-order valence-electron chi connectivity index (χ2n) is 5.40. The Morgan fingerprint density at radius 2 is 2.38 bits per heavy atom. The van der Waals surface area contributed by atoms with Gasteiger partial charge in [0.15, 0.2) is 0 Å². The lowest BCUT2D eigenvalue weighted by molar-refractivity contribution is -0.122. The highest BCUT2D eigenvalue weighted by Crippen LogP contribution is 2.31. The fraction of sp³-hybridized carbons (Fsp3) is 0.615. The van der Waals surface area contributed by atoms with Crippen LogP contribution in [0.15, 0.2) is 6.33 Å². The first-order valence-corrected chi connectivity index (χ1v) is 7.17. The average molecular weight is 289 g/mol. The fourth-order valence-electron chi connectivity index (χ4n) is 3.00. The van der Waals surface area contributed by atoms with Crippen molar-refractivity contribution in [1.82, 2.24) is 35.3 Å². The van der Waals surface area contributed by atoms with Gasteiger partial charge in [0, 0.05) is 24.7 Å². The molecule has 0 aliphatic heterocycles. The van der Waals surface area contributed by atoms with E-state index in [1.165, 1.54) is 17.6 Å². The lowest BCUT2D eigenvalue weighted by Gasteiger charge is -2.24. The van der Waals surface area contributed by atoms with Crippen molar-refractivity contribution in [3.8, 4) is 0 Å². The minimum absolute atomic E-state index is 0.0200. The van der Waals surface area contributed by atoms with Gasteiger partial charge in [0.2, 0.25) is 5.91 Å². The van der Waals surface area contributed by atoms with Crippen molar-refractivity contribution in [2.75, 3.05) is 0 Å². The molecule has 1 amide bonds. The maximum Gasteiger partial charge on any atom is 0.222 e. The normalized spacial score (nSPS) is 17.5. The van der Waals surface area contributed by atoms with Crippen LogP contribution in [0.1, 0.15) is 42.3 Å². The molecule has 8 heteroatoms. The second-order valence-corrected chi connectivity index (χ2v) is 5.40. The summed E-state index contributed by atoms with van der Waals surface area (Å²) < 4.78 is 3.49. The van der Waals surface area contributed by atoms with E-state index in [1.807, 2.05) is 18.7 Å². The summed E-state index contributed by atoms with van der Waals surface area (Å²) in [6, 6.07) is 0.0730. The van der Waals surface area contributed by atoms with Gasteiger partial charge in [-0.1, -0.05) is 0 Å². The van der Waals surface area contributed by atoms with Crippen molar-refractivity contribution < 1.29 is 4.79 Å². The van der Waals surface area contributed by atoms with Gasteiger partial charge in [-0.3, -0.25) is 9.48 Å². The highest BCUT2D eigenvalue weighted by atomic mass is 16.1. The monoisotopic (exact) mass is 289 g/mol. The summed E-state index contributed by atoms with van der Waals surface area (Å²) in [5.74, 6) is 0.0200. The van der Waals surface area contributed by atoms with Crippen molar-refractivity contribution in [3.05, 3.63) is 23.3 Å². The molecule has 8 nitrogen and oxygen atoms in total. The summed E-state index contributed by atoms with van der Waals surface area (Å²) in [5, 5.41) is 18.4. The number of aryl methyl sites for hydroxylation is 3. The zero-order chi connectivity index (χ0) is 14.8. The van der Waals surface area contributed by atoms with Crippen molar-refractivity contribution in [2.24, 2.45) is 7.05 Å². The molecule has 2 heterocycles. The maximum atomic E-state index is 12.1. The zero-order valence-corrected chi connectivity index (χ0v) is 12.3. The van der Waals surface area contributed by atoms with Gasteiger partial charge in [0.1, 0.15) is 6.33 Å². The second kappa shape index (κ2) is 5.63. The Morgan fingerprint density at radius 3 is 3.14 bits per heavy atom. The van der Waals surface area contributed by atoms with Crippen molar-refractivity contribution >= 4 is 5.91 Å². The van der Waals surface area contributed by atoms with Gasteiger partial charge in [-0.25, -0.2) is 4.68 Å². The van der Waals surface area contributed by atoms with E-state index in [0.29, 0.717) is 13.0 Å². The molecule has 3 rings (SSSR count). The molecule has 0 saturated heterocycles. The summed E-state index contributed by atoms with van der Waals surface area (Å²) in [4.78, 5) is 12.1. The van der Waals surface area contributed by atoms with Crippen LogP contribution in [0.2, 0.25) is 0 Å². The predicted octanol–water partition coefficient (Wildman–Crippen LogP) is 0.299. The van der Waals surface area contributed by atoms with E-state index in [0.717, 1.165) is 25.0 Å². The van der Waals surface area contributed by atoms with Gasteiger partial charge < -0.3 is 5.32 Å². The molecule has 0 spiro atoms. The smallest absolute Gasteiger partial charge is 0.222 e. The Hall–Kier alpha value is -2.25. The van der Waals surface area contributed by atoms with Crippen LogP contribution >= 0.6 is 0 Å². The molecule has 0 radical (unpaired) electrons. The van der Waals surface area contributed by atoms with Crippen LogP contribution in [-0.2, 0) is 24.8 Å². The number of nitrogens with zero attached hydrogens (tertiary/aromatic N) is 6. The summed E-state index contributed by atoms with van der Waals surface area (Å²) in [5.41, 5.74) is 3.45. The molecule has 112 valence electrons. The summed E-state index contributed by atoms with van der Waals surface area (Å²) in [6.07, 6.45) is 4.96. The molecule has 0 bridgehead atoms. The van der Waals surface area contributed by atoms with E-state index < -0.39 is 0 Å². The van der Waals surface area contributed by atoms with Gasteiger partial charge in [0.25, 0.3) is 0 Å². The molecule has 21 heavy (non-hydrogen) atoms. The molecule has 1 unspecified atom stereocenters. The molecule has 1 N–H and O–H groups in total. The molecule has 1 aliphatic carbocycles. The average Bonchev–Trinajstić information content (AvgIpc) is 3.06. The molecule has 0 aromatic carbocycles. The molecule has 0 saturated carbocycles. The molecule has 0 fully saturated rings. The minimum Gasteiger partial charge on any atom is -0.349 e. The number of aromatic nitrogens is 6. The first-order valence-electron chi connectivity index (χ1n) is 7.17. The van der Waals surface area contributed by atoms with Gasteiger partial charge >= 0.3 is 0 Å². The van der Waals surface area contributed by atoms with Crippen molar-refractivity contribution in [3.63, 3.8) is 0 Å². The Kier molecular flexibility index (Phi) is 3.68. The van der Waals surface area contributed by atoms with Crippen molar-refractivity contribution in [2.45, 2.75) is 45.2 Å². The molecule has 2 aromatic rings. The number of fused-ring (bicyclic) bond motifs is 1. The summed E-state index contributed by atoms with van der Waals surface area (Å²) in [6.45, 7) is 2.49. The topological polar surface area (TPSA) is 90.5 Å². The highest BCUT2D eigenvalue weighted by molar-refractivity contribution is 5.76. The number of carbonyl (C=O) groups excluding carboxylic acids is 1. The summed E-state index contributed by atoms with van der Waals surface area (Å²) in [7, 11) is 1.97. The third kappa shape index (κ3) is 2.79. The lowest BCUT2D eigenvalue weighted by Crippen LogP contribution is -2.31. The third-order valence-electron chi connectivity index (χ3n) is 3.94. The van der Waals surface area contributed by atoms with E-state index in [2.05, 4.69) is 25.9 Å². The van der Waals surface area contributed by atoms with Crippen LogP contribution in [0.25, 0.3) is 0 Å². The molecule has 2 aromatic heterocycles. The largest absolute Gasteiger partial charge is 0.349 e. The van der Waals surface area contributed by atoms with E-state index in [1.54, 1.807) is 4.68 Å². The van der Waals surface area contributed by atoms with Gasteiger partial charge in [-0.2, -0.15) is 5.10 Å². The Bertz CT molecular complexity index is 631. The Labute approximate surface area is 122 Å². The van der Waals surface area contributed by atoms with Crippen LogP contribution in [0.3, 0.4) is 0 Å². The molecule has 1 atom stereocenters. The number of amides is 1.